The van der Waals surface area contributed by atoms with Crippen LogP contribution in [0.4, 0.5) is 0 Å². The first kappa shape index (κ1) is 11.5. The minimum Gasteiger partial charge on any atom is -0.481 e. The van der Waals surface area contributed by atoms with Gasteiger partial charge in [0, 0.05) is 0 Å². The molecule has 1 heterocycles. The number of sulfone groups is 1. The first-order chi connectivity index (χ1) is 6.41. The van der Waals surface area contributed by atoms with Crippen molar-refractivity contribution in [3.05, 3.63) is 0 Å². The van der Waals surface area contributed by atoms with Gasteiger partial charge in [-0.05, 0) is 25.2 Å². The summed E-state index contributed by atoms with van der Waals surface area (Å²) in [7, 11) is -2.81. The highest BCUT2D eigenvalue weighted by atomic mass is 32.2. The average Bonchev–Trinajstić information content (AvgIpc) is 2.41. The van der Waals surface area contributed by atoms with Crippen LogP contribution in [0.25, 0.3) is 0 Å². The van der Waals surface area contributed by atoms with Crippen LogP contribution in [0.2, 0.25) is 0 Å². The van der Waals surface area contributed by atoms with Gasteiger partial charge < -0.3 is 5.11 Å². The van der Waals surface area contributed by atoms with Gasteiger partial charge in [-0.2, -0.15) is 0 Å². The summed E-state index contributed by atoms with van der Waals surface area (Å²) in [6.45, 7) is 1.66. The number of carboxylic acids is 1. The number of hydrogen-bond donors (Lipinski definition) is 1. The predicted octanol–water partition coefficient (Wildman–Crippen LogP) is 0.922. The molecule has 0 aromatic rings. The maximum absolute atomic E-state index is 11.1. The van der Waals surface area contributed by atoms with Gasteiger partial charge in [-0.25, -0.2) is 8.42 Å². The standard InChI is InChI=1S/C9H16O4S/c1-7(9(10)11)2-3-8-4-5-14(12,13)6-8/h7-8H,2-6H2,1H3,(H,10,11). The Morgan fingerprint density at radius 2 is 2.21 bits per heavy atom. The Morgan fingerprint density at radius 1 is 1.57 bits per heavy atom. The zero-order valence-electron chi connectivity index (χ0n) is 8.27. The van der Waals surface area contributed by atoms with Crippen molar-refractivity contribution in [1.82, 2.24) is 0 Å². The maximum atomic E-state index is 11.1. The third-order valence-corrected chi connectivity index (χ3v) is 4.59. The van der Waals surface area contributed by atoms with E-state index in [4.69, 9.17) is 5.11 Å². The van der Waals surface area contributed by atoms with Crippen LogP contribution in [0.3, 0.4) is 0 Å². The van der Waals surface area contributed by atoms with Gasteiger partial charge in [-0.3, -0.25) is 4.79 Å². The molecule has 1 rings (SSSR count). The third-order valence-electron chi connectivity index (χ3n) is 2.76. The molecule has 14 heavy (non-hydrogen) atoms. The molecule has 1 fully saturated rings. The predicted molar refractivity (Wildman–Crippen MR) is 52.8 cm³/mol. The zero-order valence-corrected chi connectivity index (χ0v) is 9.09. The van der Waals surface area contributed by atoms with Crippen molar-refractivity contribution in [2.45, 2.75) is 26.2 Å². The van der Waals surface area contributed by atoms with E-state index < -0.39 is 15.8 Å². The Labute approximate surface area is 84.2 Å². The first-order valence-electron chi connectivity index (χ1n) is 4.84. The van der Waals surface area contributed by atoms with Crippen LogP contribution in [0, 0.1) is 11.8 Å². The lowest BCUT2D eigenvalue weighted by molar-refractivity contribution is -0.141. The first-order valence-corrected chi connectivity index (χ1v) is 6.66. The topological polar surface area (TPSA) is 71.4 Å². The molecule has 4 nitrogen and oxygen atoms in total. The Morgan fingerprint density at radius 3 is 2.64 bits per heavy atom. The van der Waals surface area contributed by atoms with E-state index in [2.05, 4.69) is 0 Å². The summed E-state index contributed by atoms with van der Waals surface area (Å²) in [6.07, 6.45) is 2.00. The highest BCUT2D eigenvalue weighted by Crippen LogP contribution is 2.24. The molecule has 0 amide bonds. The Kier molecular flexibility index (Phi) is 3.53. The lowest BCUT2D eigenvalue weighted by atomic mass is 9.97. The molecule has 2 unspecified atom stereocenters. The lowest BCUT2D eigenvalue weighted by Gasteiger charge is -2.09. The second kappa shape index (κ2) is 4.29. The molecule has 1 saturated heterocycles. The van der Waals surface area contributed by atoms with E-state index >= 15 is 0 Å². The number of carboxylic acid groups (broad SMARTS) is 1. The number of carbonyl (C=O) groups is 1. The van der Waals surface area contributed by atoms with Gasteiger partial charge in [0.25, 0.3) is 0 Å². The van der Waals surface area contributed by atoms with Gasteiger partial charge in [0.1, 0.15) is 0 Å². The van der Waals surface area contributed by atoms with E-state index in [1.807, 2.05) is 0 Å². The maximum Gasteiger partial charge on any atom is 0.306 e. The van der Waals surface area contributed by atoms with Crippen molar-refractivity contribution in [3.8, 4) is 0 Å². The van der Waals surface area contributed by atoms with E-state index in [-0.39, 0.29) is 23.3 Å². The van der Waals surface area contributed by atoms with Gasteiger partial charge in [0.15, 0.2) is 9.84 Å². The Balaban J connectivity index is 2.31. The largest absolute Gasteiger partial charge is 0.481 e. The molecule has 0 aromatic heterocycles. The van der Waals surface area contributed by atoms with Crippen LogP contribution < -0.4 is 0 Å². The SMILES string of the molecule is CC(CCC1CCS(=O)(=O)C1)C(=O)O. The monoisotopic (exact) mass is 220 g/mol. The van der Waals surface area contributed by atoms with Crippen LogP contribution >= 0.6 is 0 Å². The van der Waals surface area contributed by atoms with Gasteiger partial charge >= 0.3 is 5.97 Å². The second-order valence-corrected chi connectivity index (χ2v) is 6.31. The van der Waals surface area contributed by atoms with E-state index in [1.165, 1.54) is 0 Å². The Bertz CT molecular complexity index is 307. The zero-order chi connectivity index (χ0) is 10.8. The number of hydrogen-bond acceptors (Lipinski definition) is 3. The molecule has 0 radical (unpaired) electrons. The highest BCUT2D eigenvalue weighted by Gasteiger charge is 2.28. The summed E-state index contributed by atoms with van der Waals surface area (Å²) in [4.78, 5) is 10.5. The van der Waals surface area contributed by atoms with Crippen LogP contribution in [0.15, 0.2) is 0 Å². The van der Waals surface area contributed by atoms with E-state index in [0.717, 1.165) is 0 Å². The smallest absolute Gasteiger partial charge is 0.306 e. The van der Waals surface area contributed by atoms with Crippen LogP contribution in [0.5, 0.6) is 0 Å². The fraction of sp³-hybridized carbons (Fsp3) is 0.889. The van der Waals surface area contributed by atoms with Gasteiger partial charge in [0.2, 0.25) is 0 Å². The van der Waals surface area contributed by atoms with Gasteiger partial charge in [-0.1, -0.05) is 6.92 Å². The van der Waals surface area contributed by atoms with Crippen LogP contribution in [-0.4, -0.2) is 31.0 Å². The molecule has 5 heteroatoms. The van der Waals surface area contributed by atoms with Crippen molar-refractivity contribution in [2.75, 3.05) is 11.5 Å². The third kappa shape index (κ3) is 3.29. The van der Waals surface area contributed by atoms with Crippen LogP contribution in [0.1, 0.15) is 26.2 Å². The highest BCUT2D eigenvalue weighted by molar-refractivity contribution is 7.91. The van der Waals surface area contributed by atoms with Crippen molar-refractivity contribution >= 4 is 15.8 Å². The summed E-state index contributed by atoms with van der Waals surface area (Å²) in [5.74, 6) is -0.454. The van der Waals surface area contributed by atoms with Crippen molar-refractivity contribution in [2.24, 2.45) is 11.8 Å². The summed E-state index contributed by atoms with van der Waals surface area (Å²) < 4.78 is 22.2. The molecular weight excluding hydrogens is 204 g/mol. The summed E-state index contributed by atoms with van der Waals surface area (Å²) in [6, 6.07) is 0. The molecule has 0 bridgehead atoms. The summed E-state index contributed by atoms with van der Waals surface area (Å²) in [5.41, 5.74) is 0. The van der Waals surface area contributed by atoms with Crippen LogP contribution in [-0.2, 0) is 14.6 Å². The van der Waals surface area contributed by atoms with E-state index in [9.17, 15) is 13.2 Å². The molecule has 0 saturated carbocycles. The minimum absolute atomic E-state index is 0.182. The number of aliphatic carboxylic acids is 1. The molecule has 0 spiro atoms. The average molecular weight is 220 g/mol. The van der Waals surface area contributed by atoms with E-state index in [0.29, 0.717) is 19.3 Å². The second-order valence-electron chi connectivity index (χ2n) is 4.09. The van der Waals surface area contributed by atoms with Gasteiger partial charge in [-0.15, -0.1) is 0 Å². The molecular formula is C9H16O4S. The quantitative estimate of drug-likeness (QED) is 0.764. The fourth-order valence-corrected chi connectivity index (χ4v) is 3.62. The lowest BCUT2D eigenvalue weighted by Crippen LogP contribution is -2.12. The van der Waals surface area contributed by atoms with Gasteiger partial charge in [0.05, 0.1) is 17.4 Å². The summed E-state index contributed by atoms with van der Waals surface area (Å²) >= 11 is 0. The molecule has 2 atom stereocenters. The molecule has 1 aliphatic heterocycles. The van der Waals surface area contributed by atoms with Crippen molar-refractivity contribution in [3.63, 3.8) is 0 Å². The molecule has 1 aliphatic rings. The van der Waals surface area contributed by atoms with E-state index in [1.54, 1.807) is 6.92 Å². The normalized spacial score (nSPS) is 27.4. The molecule has 82 valence electrons. The summed E-state index contributed by atoms with van der Waals surface area (Å²) in [5, 5.41) is 8.64. The molecule has 0 aromatic carbocycles. The fourth-order valence-electron chi connectivity index (χ4n) is 1.71. The Hall–Kier alpha value is -0.580. The molecule has 0 aliphatic carbocycles. The van der Waals surface area contributed by atoms with Crippen molar-refractivity contribution < 1.29 is 18.3 Å². The molecule has 1 N–H and O–H groups in total. The van der Waals surface area contributed by atoms with Crippen molar-refractivity contribution in [1.29, 1.82) is 0 Å². The number of rotatable bonds is 4. The minimum atomic E-state index is -2.81.